The van der Waals surface area contributed by atoms with Crippen LogP contribution in [0.15, 0.2) is 71.9 Å². The van der Waals surface area contributed by atoms with Gasteiger partial charge in [-0.15, -0.1) is 0 Å². The molecule has 0 aliphatic heterocycles. The van der Waals surface area contributed by atoms with Crippen LogP contribution in [0.5, 0.6) is 5.75 Å². The average Bonchev–Trinajstić information content (AvgIpc) is 3.14. The van der Waals surface area contributed by atoms with Crippen LogP contribution < -0.4 is 10.3 Å². The van der Waals surface area contributed by atoms with Gasteiger partial charge in [0.05, 0.1) is 11.7 Å². The van der Waals surface area contributed by atoms with Crippen LogP contribution >= 0.6 is 0 Å². The second-order valence-corrected chi connectivity index (χ2v) is 7.43. The van der Waals surface area contributed by atoms with Gasteiger partial charge in [0.25, 0.3) is 5.56 Å². The third-order valence-electron chi connectivity index (χ3n) is 4.81. The van der Waals surface area contributed by atoms with E-state index in [2.05, 4.69) is 9.97 Å². The van der Waals surface area contributed by atoms with Gasteiger partial charge in [0.1, 0.15) is 18.5 Å². The molecule has 0 bridgehead atoms. The van der Waals surface area contributed by atoms with Gasteiger partial charge in [0.15, 0.2) is 5.65 Å². The van der Waals surface area contributed by atoms with Crippen LogP contribution in [0, 0.1) is 0 Å². The molecule has 1 atom stereocenters. The van der Waals surface area contributed by atoms with Crippen LogP contribution in [-0.4, -0.2) is 57.9 Å². The highest BCUT2D eigenvalue weighted by molar-refractivity contribution is 5.94. The fourth-order valence-electron chi connectivity index (χ4n) is 3.47. The van der Waals surface area contributed by atoms with Gasteiger partial charge < -0.3 is 24.3 Å². The molecule has 0 saturated heterocycles. The van der Waals surface area contributed by atoms with E-state index in [1.807, 2.05) is 84.4 Å². The summed E-state index contributed by atoms with van der Waals surface area (Å²) in [6, 6.07) is 17.3. The van der Waals surface area contributed by atoms with Crippen LogP contribution in [0.2, 0.25) is 0 Å². The Hall–Kier alpha value is -3.42. The van der Waals surface area contributed by atoms with Crippen molar-refractivity contribution in [2.75, 3.05) is 27.2 Å². The van der Waals surface area contributed by atoms with Crippen molar-refractivity contribution in [3.8, 4) is 22.6 Å². The van der Waals surface area contributed by atoms with Gasteiger partial charge in [-0.2, -0.15) is 0 Å². The molecule has 7 nitrogen and oxygen atoms in total. The minimum absolute atomic E-state index is 0.184. The molecule has 2 N–H and O–H groups in total. The Morgan fingerprint density at radius 2 is 1.87 bits per heavy atom. The molecule has 7 heteroatoms. The Labute approximate surface area is 174 Å². The van der Waals surface area contributed by atoms with E-state index < -0.39 is 6.10 Å². The highest BCUT2D eigenvalue weighted by Crippen LogP contribution is 2.30. The van der Waals surface area contributed by atoms with Gasteiger partial charge in [-0.1, -0.05) is 30.3 Å². The summed E-state index contributed by atoms with van der Waals surface area (Å²) in [5, 5.41) is 10.5. The monoisotopic (exact) mass is 404 g/mol. The molecule has 0 aliphatic carbocycles. The molecular formula is C23H24N4O3. The molecular weight excluding hydrogens is 380 g/mol. The number of nitrogens with zero attached hydrogens (tertiary/aromatic N) is 3. The number of para-hydroxylation sites is 1. The number of aromatic amines is 1. The maximum absolute atomic E-state index is 12.6. The van der Waals surface area contributed by atoms with Gasteiger partial charge in [-0.3, -0.25) is 4.79 Å². The first-order valence-electron chi connectivity index (χ1n) is 9.73. The smallest absolute Gasteiger partial charge is 0.260 e. The van der Waals surface area contributed by atoms with Gasteiger partial charge in [0, 0.05) is 24.0 Å². The number of fused-ring (bicyclic) bond motifs is 1. The van der Waals surface area contributed by atoms with E-state index in [0.717, 1.165) is 16.8 Å². The Morgan fingerprint density at radius 3 is 2.57 bits per heavy atom. The average molecular weight is 404 g/mol. The van der Waals surface area contributed by atoms with Crippen molar-refractivity contribution in [2.24, 2.45) is 0 Å². The lowest BCUT2D eigenvalue weighted by Gasteiger charge is -2.16. The molecule has 0 amide bonds. The molecule has 154 valence electrons. The van der Waals surface area contributed by atoms with E-state index in [4.69, 9.17) is 4.74 Å². The van der Waals surface area contributed by atoms with E-state index in [1.54, 1.807) is 0 Å². The normalized spacial score (nSPS) is 12.4. The summed E-state index contributed by atoms with van der Waals surface area (Å²) in [7, 11) is 3.81. The Balaban J connectivity index is 1.66. The van der Waals surface area contributed by atoms with Crippen molar-refractivity contribution < 1.29 is 9.84 Å². The second kappa shape index (κ2) is 8.52. The van der Waals surface area contributed by atoms with Crippen molar-refractivity contribution in [3.05, 3.63) is 77.5 Å². The molecule has 2 aromatic carbocycles. The lowest BCUT2D eigenvalue weighted by Crippen LogP contribution is -2.30. The zero-order valence-corrected chi connectivity index (χ0v) is 16.9. The fourth-order valence-corrected chi connectivity index (χ4v) is 3.47. The number of aromatic nitrogens is 3. The number of likely N-dealkylation sites (N-methyl/N-ethyl adjacent to an activating group) is 1. The van der Waals surface area contributed by atoms with Crippen LogP contribution in [0.25, 0.3) is 27.8 Å². The summed E-state index contributed by atoms with van der Waals surface area (Å²) in [5.41, 5.74) is 3.03. The minimum atomic E-state index is -0.562. The Bertz CT molecular complexity index is 1180. The maximum Gasteiger partial charge on any atom is 0.260 e. The van der Waals surface area contributed by atoms with Crippen LogP contribution in [0.4, 0.5) is 0 Å². The fraction of sp³-hybridized carbons (Fsp3) is 0.217. The Kier molecular flexibility index (Phi) is 5.65. The standard InChI is InChI=1S/C23H24N4O3/c1-26(2)12-18(28)14-30-19-10-8-16(9-11-19)20-13-27(17-6-4-3-5-7-17)22-21(20)23(29)25-15-24-22/h3-11,13,15,18,28H,12,14H2,1-2H3,(H,24,25,29). The van der Waals surface area contributed by atoms with E-state index >= 15 is 0 Å². The van der Waals surface area contributed by atoms with Crippen molar-refractivity contribution >= 4 is 11.0 Å². The van der Waals surface area contributed by atoms with Crippen molar-refractivity contribution in [1.29, 1.82) is 0 Å². The van der Waals surface area contributed by atoms with Gasteiger partial charge >= 0.3 is 0 Å². The zero-order chi connectivity index (χ0) is 21.1. The van der Waals surface area contributed by atoms with E-state index in [0.29, 0.717) is 23.3 Å². The number of nitrogens with one attached hydrogen (secondary N) is 1. The molecule has 4 aromatic rings. The molecule has 30 heavy (non-hydrogen) atoms. The molecule has 0 aliphatic rings. The molecule has 4 rings (SSSR count). The number of aliphatic hydroxyl groups is 1. The van der Waals surface area contributed by atoms with E-state index in [1.165, 1.54) is 6.33 Å². The van der Waals surface area contributed by atoms with E-state index in [-0.39, 0.29) is 12.2 Å². The zero-order valence-electron chi connectivity index (χ0n) is 16.9. The number of rotatable bonds is 7. The van der Waals surface area contributed by atoms with Crippen molar-refractivity contribution in [1.82, 2.24) is 19.4 Å². The number of H-pyrrole nitrogens is 1. The predicted octanol–water partition coefficient (Wildman–Crippen LogP) is 2.68. The summed E-state index contributed by atoms with van der Waals surface area (Å²) >= 11 is 0. The topological polar surface area (TPSA) is 83.4 Å². The number of aliphatic hydroxyl groups excluding tert-OH is 1. The van der Waals surface area contributed by atoms with Gasteiger partial charge in [-0.05, 0) is 43.9 Å². The van der Waals surface area contributed by atoms with Gasteiger partial charge in [0.2, 0.25) is 0 Å². The van der Waals surface area contributed by atoms with Crippen molar-refractivity contribution in [3.63, 3.8) is 0 Å². The molecule has 2 aromatic heterocycles. The summed E-state index contributed by atoms with van der Waals surface area (Å²) in [6.45, 7) is 0.751. The van der Waals surface area contributed by atoms with Gasteiger partial charge in [-0.25, -0.2) is 4.98 Å². The largest absolute Gasteiger partial charge is 0.491 e. The summed E-state index contributed by atoms with van der Waals surface area (Å²) in [6.07, 6.45) is 2.79. The summed E-state index contributed by atoms with van der Waals surface area (Å²) < 4.78 is 7.60. The van der Waals surface area contributed by atoms with E-state index in [9.17, 15) is 9.90 Å². The molecule has 0 saturated carbocycles. The number of benzene rings is 2. The summed E-state index contributed by atoms with van der Waals surface area (Å²) in [4.78, 5) is 21.6. The first-order valence-corrected chi connectivity index (χ1v) is 9.73. The highest BCUT2D eigenvalue weighted by Gasteiger charge is 2.16. The van der Waals surface area contributed by atoms with Crippen LogP contribution in [-0.2, 0) is 0 Å². The lowest BCUT2D eigenvalue weighted by molar-refractivity contribution is 0.0831. The second-order valence-electron chi connectivity index (χ2n) is 7.43. The molecule has 0 fully saturated rings. The SMILES string of the molecule is CN(C)CC(O)COc1ccc(-c2cn(-c3ccccc3)c3nc[nH]c(=O)c23)cc1. The first kappa shape index (κ1) is 19.9. The summed E-state index contributed by atoms with van der Waals surface area (Å²) in [5.74, 6) is 0.662. The molecule has 2 heterocycles. The third-order valence-corrected chi connectivity index (χ3v) is 4.81. The Morgan fingerprint density at radius 1 is 1.13 bits per heavy atom. The molecule has 0 spiro atoms. The lowest BCUT2D eigenvalue weighted by atomic mass is 10.1. The highest BCUT2D eigenvalue weighted by atomic mass is 16.5. The van der Waals surface area contributed by atoms with Crippen LogP contribution in [0.1, 0.15) is 0 Å². The van der Waals surface area contributed by atoms with Crippen molar-refractivity contribution in [2.45, 2.75) is 6.10 Å². The number of ether oxygens (including phenoxy) is 1. The maximum atomic E-state index is 12.6. The third kappa shape index (κ3) is 4.12. The number of hydrogen-bond donors (Lipinski definition) is 2. The molecule has 1 unspecified atom stereocenters. The predicted molar refractivity (Wildman–Crippen MR) is 117 cm³/mol. The quantitative estimate of drug-likeness (QED) is 0.495. The van der Waals surface area contributed by atoms with Crippen LogP contribution in [0.3, 0.4) is 0 Å². The number of hydrogen-bond acceptors (Lipinski definition) is 5. The molecule has 0 radical (unpaired) electrons. The first-order chi connectivity index (χ1) is 14.5. The minimum Gasteiger partial charge on any atom is -0.491 e.